The maximum atomic E-state index is 15.2. The van der Waals surface area contributed by atoms with Crippen LogP contribution in [0.4, 0.5) is 13.2 Å². The largest absolute Gasteiger partial charge is 0.486 e. The predicted molar refractivity (Wildman–Crippen MR) is 152 cm³/mol. The Kier molecular flexibility index (Phi) is 9.86. The zero-order chi connectivity index (χ0) is 26.9. The van der Waals surface area contributed by atoms with Crippen molar-refractivity contribution in [2.75, 3.05) is 6.61 Å². The molecule has 0 heterocycles. The average Bonchev–Trinajstić information content (AvgIpc) is 2.94. The number of allylic oxidation sites excluding steroid dienone is 2. The molecular formula is C34H37F3O. The van der Waals surface area contributed by atoms with Crippen LogP contribution in [0.5, 0.6) is 5.75 Å². The third-order valence-electron chi connectivity index (χ3n) is 7.49. The van der Waals surface area contributed by atoms with Gasteiger partial charge in [-0.1, -0.05) is 101 Å². The van der Waals surface area contributed by atoms with Crippen LogP contribution in [0.15, 0.2) is 73.3 Å². The summed E-state index contributed by atoms with van der Waals surface area (Å²) in [5, 5.41) is 0. The van der Waals surface area contributed by atoms with E-state index in [1.807, 2.05) is 12.1 Å². The van der Waals surface area contributed by atoms with E-state index in [2.05, 4.69) is 19.6 Å². The normalized spacial score (nSPS) is 15.3. The van der Waals surface area contributed by atoms with Crippen LogP contribution in [0.25, 0.3) is 27.8 Å². The molecule has 0 saturated carbocycles. The lowest BCUT2D eigenvalue weighted by Gasteiger charge is -2.22. The lowest BCUT2D eigenvalue weighted by atomic mass is 9.83. The first-order valence-corrected chi connectivity index (χ1v) is 13.8. The molecule has 4 heteroatoms. The third kappa shape index (κ3) is 6.78. The fourth-order valence-electron chi connectivity index (χ4n) is 5.24. The minimum atomic E-state index is -1.04. The van der Waals surface area contributed by atoms with Crippen LogP contribution in [0.3, 0.4) is 0 Å². The molecule has 1 unspecified atom stereocenters. The highest BCUT2D eigenvalue weighted by molar-refractivity contribution is 5.74. The second-order valence-corrected chi connectivity index (χ2v) is 10.2. The van der Waals surface area contributed by atoms with Crippen LogP contribution in [0.2, 0.25) is 0 Å². The highest BCUT2D eigenvalue weighted by Crippen LogP contribution is 2.36. The van der Waals surface area contributed by atoms with Gasteiger partial charge in [-0.05, 0) is 65.6 Å². The molecule has 38 heavy (non-hydrogen) atoms. The zero-order valence-electron chi connectivity index (χ0n) is 22.2. The molecule has 1 aliphatic rings. The van der Waals surface area contributed by atoms with Gasteiger partial charge in [0.1, 0.15) is 12.4 Å². The van der Waals surface area contributed by atoms with Crippen LogP contribution in [0.1, 0.15) is 70.3 Å². The molecule has 0 bridgehead atoms. The number of halogens is 3. The molecule has 0 radical (unpaired) electrons. The number of hydrogen-bond acceptors (Lipinski definition) is 1. The molecule has 1 aliphatic carbocycles. The summed E-state index contributed by atoms with van der Waals surface area (Å²) in [5.74, 6) is -1.71. The molecule has 1 nitrogen and oxygen atoms in total. The van der Waals surface area contributed by atoms with E-state index in [9.17, 15) is 8.78 Å². The summed E-state index contributed by atoms with van der Waals surface area (Å²) in [4.78, 5) is 0. The van der Waals surface area contributed by atoms with Gasteiger partial charge in [0.15, 0.2) is 11.6 Å². The van der Waals surface area contributed by atoms with E-state index in [4.69, 9.17) is 4.74 Å². The first-order valence-electron chi connectivity index (χ1n) is 13.8. The Morgan fingerprint density at radius 1 is 0.842 bits per heavy atom. The van der Waals surface area contributed by atoms with Crippen molar-refractivity contribution in [1.82, 2.24) is 0 Å². The molecule has 0 saturated heterocycles. The molecule has 4 rings (SSSR count). The van der Waals surface area contributed by atoms with E-state index in [0.29, 0.717) is 16.7 Å². The molecule has 3 aromatic carbocycles. The maximum absolute atomic E-state index is 15.2. The van der Waals surface area contributed by atoms with Crippen LogP contribution in [-0.4, -0.2) is 6.61 Å². The highest BCUT2D eigenvalue weighted by atomic mass is 19.2. The van der Waals surface area contributed by atoms with Gasteiger partial charge < -0.3 is 4.74 Å². The van der Waals surface area contributed by atoms with Crippen LogP contribution in [-0.2, 0) is 0 Å². The van der Waals surface area contributed by atoms with E-state index in [0.717, 1.165) is 24.3 Å². The van der Waals surface area contributed by atoms with Gasteiger partial charge in [0, 0.05) is 11.1 Å². The van der Waals surface area contributed by atoms with Gasteiger partial charge in [0.25, 0.3) is 0 Å². The summed E-state index contributed by atoms with van der Waals surface area (Å²) in [5.41, 5.74) is 3.97. The van der Waals surface area contributed by atoms with Crippen LogP contribution in [0, 0.1) is 23.4 Å². The van der Waals surface area contributed by atoms with Crippen molar-refractivity contribution in [1.29, 1.82) is 0 Å². The Labute approximate surface area is 225 Å². The molecule has 1 atom stereocenters. The Morgan fingerprint density at radius 3 is 2.18 bits per heavy atom. The van der Waals surface area contributed by atoms with Gasteiger partial charge in [-0.2, -0.15) is 4.39 Å². The van der Waals surface area contributed by atoms with Gasteiger partial charge in [-0.15, -0.1) is 0 Å². The van der Waals surface area contributed by atoms with Crippen molar-refractivity contribution in [3.63, 3.8) is 0 Å². The second-order valence-electron chi connectivity index (χ2n) is 10.2. The topological polar surface area (TPSA) is 9.23 Å². The van der Waals surface area contributed by atoms with Crippen molar-refractivity contribution in [2.45, 2.75) is 64.7 Å². The number of benzene rings is 3. The van der Waals surface area contributed by atoms with E-state index in [1.54, 1.807) is 30.3 Å². The Bertz CT molecular complexity index is 1260. The van der Waals surface area contributed by atoms with E-state index >= 15 is 4.39 Å². The Balaban J connectivity index is 1.42. The Hall–Kier alpha value is -3.27. The van der Waals surface area contributed by atoms with Crippen molar-refractivity contribution in [2.24, 2.45) is 5.92 Å². The summed E-state index contributed by atoms with van der Waals surface area (Å²) < 4.78 is 49.4. The van der Waals surface area contributed by atoms with E-state index < -0.39 is 11.6 Å². The number of rotatable bonds is 12. The number of unbranched alkanes of at least 4 members (excludes halogenated alkanes) is 4. The summed E-state index contributed by atoms with van der Waals surface area (Å²) in [6.07, 6.45) is 14.9. The van der Waals surface area contributed by atoms with Crippen molar-refractivity contribution in [3.05, 3.63) is 96.3 Å². The fraction of sp³-hybridized carbons (Fsp3) is 0.353. The Morgan fingerprint density at radius 2 is 1.53 bits per heavy atom. The standard InChI is InChI=1S/C34H37F3O/c1-3-5-6-7-8-9-24-10-12-25(13-11-24)28-18-19-29(31(35)23-28)26-14-16-27(17-15-26)30-20-21-32(38-22-4-2)34(37)33(30)36/h4,12,14-21,23-24H,2-3,5-11,13,22H2,1H3. The summed E-state index contributed by atoms with van der Waals surface area (Å²) in [7, 11) is 0. The second kappa shape index (κ2) is 13.5. The quantitative estimate of drug-likeness (QED) is 0.171. The lowest BCUT2D eigenvalue weighted by Crippen LogP contribution is -2.05. The van der Waals surface area contributed by atoms with Crippen molar-refractivity contribution >= 4 is 5.57 Å². The van der Waals surface area contributed by atoms with Crippen molar-refractivity contribution < 1.29 is 17.9 Å². The van der Waals surface area contributed by atoms with Crippen molar-refractivity contribution in [3.8, 4) is 28.0 Å². The fourth-order valence-corrected chi connectivity index (χ4v) is 5.24. The minimum Gasteiger partial charge on any atom is -0.486 e. The van der Waals surface area contributed by atoms with Gasteiger partial charge in [-0.3, -0.25) is 0 Å². The molecule has 0 fully saturated rings. The third-order valence-corrected chi connectivity index (χ3v) is 7.49. The maximum Gasteiger partial charge on any atom is 0.201 e. The van der Waals surface area contributed by atoms with Gasteiger partial charge in [0.2, 0.25) is 5.82 Å². The van der Waals surface area contributed by atoms with Crippen LogP contribution < -0.4 is 4.74 Å². The smallest absolute Gasteiger partial charge is 0.201 e. The molecule has 3 aromatic rings. The average molecular weight is 519 g/mol. The first-order chi connectivity index (χ1) is 18.5. The van der Waals surface area contributed by atoms with Gasteiger partial charge in [-0.25, -0.2) is 8.78 Å². The number of hydrogen-bond donors (Lipinski definition) is 0. The summed E-state index contributed by atoms with van der Waals surface area (Å²) in [6, 6.07) is 15.1. The molecule has 200 valence electrons. The minimum absolute atomic E-state index is 0.0890. The molecule has 0 spiro atoms. The zero-order valence-corrected chi connectivity index (χ0v) is 22.2. The lowest BCUT2D eigenvalue weighted by molar-refractivity contribution is 0.333. The van der Waals surface area contributed by atoms with Gasteiger partial charge in [0.05, 0.1) is 0 Å². The van der Waals surface area contributed by atoms with E-state index in [-0.39, 0.29) is 23.7 Å². The van der Waals surface area contributed by atoms with Gasteiger partial charge >= 0.3 is 0 Å². The summed E-state index contributed by atoms with van der Waals surface area (Å²) in [6.45, 7) is 5.84. The molecule has 0 N–H and O–H groups in total. The van der Waals surface area contributed by atoms with E-state index in [1.165, 1.54) is 68.7 Å². The molecule has 0 amide bonds. The first kappa shape index (κ1) is 27.8. The number of ether oxygens (including phenoxy) is 1. The molecule has 0 aliphatic heterocycles. The molecule has 0 aromatic heterocycles. The summed E-state index contributed by atoms with van der Waals surface area (Å²) >= 11 is 0. The monoisotopic (exact) mass is 518 g/mol. The molecular weight excluding hydrogens is 481 g/mol. The highest BCUT2D eigenvalue weighted by Gasteiger charge is 2.18. The SMILES string of the molecule is C=CCOc1ccc(-c2ccc(-c3ccc(C4=CCC(CCCCCCC)CC4)cc3F)cc2)c(F)c1F. The van der Waals surface area contributed by atoms with Crippen LogP contribution >= 0.6 is 0 Å². The predicted octanol–water partition coefficient (Wildman–Crippen LogP) is 10.5.